The summed E-state index contributed by atoms with van der Waals surface area (Å²) in [7, 11) is 0. The third-order valence-electron chi connectivity index (χ3n) is 4.97. The van der Waals surface area contributed by atoms with E-state index >= 15 is 0 Å². The molecule has 1 aliphatic rings. The molecule has 1 atom stereocenters. The first-order valence-corrected chi connectivity index (χ1v) is 8.80. The molecule has 1 aliphatic carbocycles. The molecule has 0 aliphatic heterocycles. The van der Waals surface area contributed by atoms with Crippen LogP contribution < -0.4 is 11.0 Å². The van der Waals surface area contributed by atoms with Gasteiger partial charge in [-0.1, -0.05) is 19.8 Å². The number of carbonyl (C=O) groups excluding carboxylic acids is 1. The number of aromatic nitrogens is 2. The summed E-state index contributed by atoms with van der Waals surface area (Å²) in [5.41, 5.74) is 2.00. The predicted octanol–water partition coefficient (Wildman–Crippen LogP) is 2.34. The van der Waals surface area contributed by atoms with Gasteiger partial charge in [-0.05, 0) is 43.9 Å². The molecule has 0 radical (unpaired) electrons. The van der Waals surface area contributed by atoms with Crippen LogP contribution in [0.2, 0.25) is 0 Å². The van der Waals surface area contributed by atoms with Gasteiger partial charge in [0.1, 0.15) is 0 Å². The van der Waals surface area contributed by atoms with Crippen LogP contribution in [0.5, 0.6) is 0 Å². The Morgan fingerprint density at radius 3 is 2.83 bits per heavy atom. The molecule has 1 fully saturated rings. The zero-order chi connectivity index (χ0) is 17.1. The molecule has 6 nitrogen and oxygen atoms in total. The molecule has 1 aromatic heterocycles. The van der Waals surface area contributed by atoms with Gasteiger partial charge in [-0.3, -0.25) is 9.36 Å². The van der Waals surface area contributed by atoms with E-state index < -0.39 is 0 Å². The van der Waals surface area contributed by atoms with Gasteiger partial charge < -0.3 is 15.4 Å². The fourth-order valence-corrected chi connectivity index (χ4v) is 3.60. The maximum absolute atomic E-state index is 12.4. The lowest BCUT2D eigenvalue weighted by atomic mass is 10.1. The summed E-state index contributed by atoms with van der Waals surface area (Å²) in [6.07, 6.45) is 5.70. The normalized spacial score (nSPS) is 16.6. The number of aliphatic hydroxyl groups is 1. The van der Waals surface area contributed by atoms with Crippen LogP contribution in [0.1, 0.15) is 61.8 Å². The summed E-state index contributed by atoms with van der Waals surface area (Å²) < 4.78 is 1.84. The average Bonchev–Trinajstić information content (AvgIpc) is 3.19. The van der Waals surface area contributed by atoms with Gasteiger partial charge in [-0.15, -0.1) is 0 Å². The number of carbonyl (C=O) groups is 1. The Morgan fingerprint density at radius 1 is 1.42 bits per heavy atom. The fraction of sp³-hybridized carbons (Fsp3) is 0.556. The van der Waals surface area contributed by atoms with Crippen molar-refractivity contribution in [2.24, 2.45) is 0 Å². The molecule has 2 aromatic rings. The number of imidazole rings is 1. The molecular formula is C18H25N3O3. The van der Waals surface area contributed by atoms with Crippen LogP contribution in [-0.2, 0) is 0 Å². The van der Waals surface area contributed by atoms with Crippen LogP contribution in [0.15, 0.2) is 23.0 Å². The minimum absolute atomic E-state index is 0.0414. The molecule has 0 saturated heterocycles. The minimum Gasteiger partial charge on any atom is -0.396 e. The molecule has 24 heavy (non-hydrogen) atoms. The van der Waals surface area contributed by atoms with Crippen LogP contribution in [0.3, 0.4) is 0 Å². The summed E-state index contributed by atoms with van der Waals surface area (Å²) in [6, 6.07) is 5.58. The third kappa shape index (κ3) is 3.24. The van der Waals surface area contributed by atoms with Crippen molar-refractivity contribution in [3.63, 3.8) is 0 Å². The van der Waals surface area contributed by atoms with Gasteiger partial charge in [0.25, 0.3) is 5.91 Å². The summed E-state index contributed by atoms with van der Waals surface area (Å²) in [6.45, 7) is 2.03. The largest absolute Gasteiger partial charge is 0.396 e. The summed E-state index contributed by atoms with van der Waals surface area (Å²) in [5.74, 6) is -0.174. The number of rotatable bonds is 6. The lowest BCUT2D eigenvalue weighted by Gasteiger charge is -2.16. The van der Waals surface area contributed by atoms with Crippen molar-refractivity contribution >= 4 is 16.9 Å². The van der Waals surface area contributed by atoms with Crippen molar-refractivity contribution < 1.29 is 9.90 Å². The number of nitrogens with zero attached hydrogens (tertiary/aromatic N) is 1. The van der Waals surface area contributed by atoms with Crippen LogP contribution >= 0.6 is 0 Å². The van der Waals surface area contributed by atoms with Gasteiger partial charge in [-0.2, -0.15) is 0 Å². The summed E-state index contributed by atoms with van der Waals surface area (Å²) >= 11 is 0. The zero-order valence-corrected chi connectivity index (χ0v) is 14.0. The Labute approximate surface area is 140 Å². The second-order valence-corrected chi connectivity index (χ2v) is 6.56. The van der Waals surface area contributed by atoms with E-state index in [0.29, 0.717) is 17.5 Å². The number of aliphatic hydroxyl groups excluding tert-OH is 1. The van der Waals surface area contributed by atoms with E-state index in [-0.39, 0.29) is 30.3 Å². The minimum atomic E-state index is -0.174. The van der Waals surface area contributed by atoms with Crippen LogP contribution in [-0.4, -0.2) is 33.2 Å². The van der Waals surface area contributed by atoms with Gasteiger partial charge in [0.2, 0.25) is 0 Å². The average molecular weight is 331 g/mol. The number of benzene rings is 1. The highest BCUT2D eigenvalue weighted by Gasteiger charge is 2.21. The summed E-state index contributed by atoms with van der Waals surface area (Å²) in [5, 5.41) is 12.0. The Kier molecular flexibility index (Phi) is 5.04. The van der Waals surface area contributed by atoms with Crippen LogP contribution in [0.4, 0.5) is 0 Å². The highest BCUT2D eigenvalue weighted by Crippen LogP contribution is 2.30. The number of H-pyrrole nitrogens is 1. The van der Waals surface area contributed by atoms with Gasteiger partial charge in [0.15, 0.2) is 0 Å². The Hall–Kier alpha value is -2.08. The number of aromatic amines is 1. The van der Waals surface area contributed by atoms with E-state index in [2.05, 4.69) is 10.3 Å². The van der Waals surface area contributed by atoms with E-state index in [0.717, 1.165) is 37.6 Å². The lowest BCUT2D eigenvalue weighted by molar-refractivity contribution is 0.0929. The van der Waals surface area contributed by atoms with Gasteiger partial charge in [0.05, 0.1) is 11.0 Å². The molecule has 0 bridgehead atoms. The Balaban J connectivity index is 1.86. The number of amides is 1. The SMILES string of the molecule is CCC(CCO)NC(=O)c1ccc2c(c1)[nH]c(=O)n2C1CCCC1. The van der Waals surface area contributed by atoms with E-state index in [1.54, 1.807) is 12.1 Å². The standard InChI is InChI=1S/C18H25N3O3/c1-2-13(9-10-22)19-17(23)12-7-8-16-15(11-12)20-18(24)21(16)14-5-3-4-6-14/h7-8,11,13-14,22H,2-6,9-10H2,1H3,(H,19,23)(H,20,24). The molecular weight excluding hydrogens is 306 g/mol. The highest BCUT2D eigenvalue weighted by atomic mass is 16.3. The first kappa shape index (κ1) is 16.8. The topological polar surface area (TPSA) is 87.1 Å². The first-order valence-electron chi connectivity index (χ1n) is 8.80. The van der Waals surface area contributed by atoms with Crippen molar-refractivity contribution in [3.05, 3.63) is 34.2 Å². The second kappa shape index (κ2) is 7.21. The van der Waals surface area contributed by atoms with E-state index in [4.69, 9.17) is 5.11 Å². The molecule has 1 saturated carbocycles. The molecule has 130 valence electrons. The quantitative estimate of drug-likeness (QED) is 0.759. The molecule has 3 rings (SSSR count). The zero-order valence-electron chi connectivity index (χ0n) is 14.0. The number of hydrogen-bond donors (Lipinski definition) is 3. The lowest BCUT2D eigenvalue weighted by Crippen LogP contribution is -2.35. The van der Waals surface area contributed by atoms with Crippen molar-refractivity contribution in [3.8, 4) is 0 Å². The Morgan fingerprint density at radius 2 is 2.17 bits per heavy atom. The van der Waals surface area contributed by atoms with E-state index in [9.17, 15) is 9.59 Å². The van der Waals surface area contributed by atoms with Crippen molar-refractivity contribution in [1.29, 1.82) is 0 Å². The number of hydrogen-bond acceptors (Lipinski definition) is 3. The molecule has 1 heterocycles. The maximum atomic E-state index is 12.4. The molecule has 3 N–H and O–H groups in total. The summed E-state index contributed by atoms with van der Waals surface area (Å²) in [4.78, 5) is 27.6. The number of fused-ring (bicyclic) bond motifs is 1. The second-order valence-electron chi connectivity index (χ2n) is 6.56. The predicted molar refractivity (Wildman–Crippen MR) is 93.3 cm³/mol. The van der Waals surface area contributed by atoms with E-state index in [1.807, 2.05) is 17.6 Å². The first-order chi connectivity index (χ1) is 11.6. The maximum Gasteiger partial charge on any atom is 0.326 e. The third-order valence-corrected chi connectivity index (χ3v) is 4.97. The van der Waals surface area contributed by atoms with Gasteiger partial charge in [0, 0.05) is 24.3 Å². The van der Waals surface area contributed by atoms with Gasteiger partial charge >= 0.3 is 5.69 Å². The van der Waals surface area contributed by atoms with Crippen LogP contribution in [0, 0.1) is 0 Å². The fourth-order valence-electron chi connectivity index (χ4n) is 3.60. The highest BCUT2D eigenvalue weighted by molar-refractivity contribution is 5.97. The molecule has 6 heteroatoms. The van der Waals surface area contributed by atoms with Crippen molar-refractivity contribution in [2.45, 2.75) is 57.5 Å². The van der Waals surface area contributed by atoms with E-state index in [1.165, 1.54) is 0 Å². The number of nitrogens with one attached hydrogen (secondary N) is 2. The Bertz CT molecular complexity index is 771. The molecule has 1 aromatic carbocycles. The smallest absolute Gasteiger partial charge is 0.326 e. The van der Waals surface area contributed by atoms with Gasteiger partial charge in [-0.25, -0.2) is 4.79 Å². The van der Waals surface area contributed by atoms with Crippen molar-refractivity contribution in [1.82, 2.24) is 14.9 Å². The molecule has 1 unspecified atom stereocenters. The monoisotopic (exact) mass is 331 g/mol. The van der Waals surface area contributed by atoms with Crippen molar-refractivity contribution in [2.75, 3.05) is 6.61 Å². The molecule has 1 amide bonds. The molecule has 0 spiro atoms. The van der Waals surface area contributed by atoms with Crippen LogP contribution in [0.25, 0.3) is 11.0 Å².